The van der Waals surface area contributed by atoms with Gasteiger partial charge in [-0.1, -0.05) is 24.7 Å². The molecule has 4 heterocycles. The maximum absolute atomic E-state index is 13.6. The zero-order valence-electron chi connectivity index (χ0n) is 21.4. The summed E-state index contributed by atoms with van der Waals surface area (Å²) in [5.74, 6) is 8.14. The highest BCUT2D eigenvalue weighted by Gasteiger charge is 2.17. The molecule has 9 heteroatoms. The molecule has 3 aromatic heterocycles. The summed E-state index contributed by atoms with van der Waals surface area (Å²) >= 11 is 1.43. The molecule has 2 fully saturated rings. The second-order valence-corrected chi connectivity index (χ2v) is 11.0. The van der Waals surface area contributed by atoms with Crippen LogP contribution in [0.1, 0.15) is 48.1 Å². The molecule has 1 aliphatic heterocycles. The normalized spacial score (nSPS) is 17.4. The number of rotatable bonds is 6. The lowest BCUT2D eigenvalue weighted by atomic mass is 10.1. The molecule has 6 rings (SSSR count). The van der Waals surface area contributed by atoms with Gasteiger partial charge < -0.3 is 15.4 Å². The Labute approximate surface area is 225 Å². The summed E-state index contributed by atoms with van der Waals surface area (Å²) in [4.78, 5) is 24.0. The highest BCUT2D eigenvalue weighted by atomic mass is 32.1. The average Bonchev–Trinajstić information content (AvgIpc) is 3.71. The lowest BCUT2D eigenvalue weighted by molar-refractivity contribution is 0.223. The fourth-order valence-corrected chi connectivity index (χ4v) is 5.59. The standard InChI is InChI=1S/C29H30N6O2S/c1-19-23(16-32-38-19)18-35-27-22(14-21(28(35)36)7-6-20-4-2-3-5-20)15-31-29(34-27)33-24-8-10-25(11-9-24)37-26-12-13-30-17-26/h8-11,14-16,20,26,30H,2-5,12-13,17-18H2,1H3,(H,31,33,34). The van der Waals surface area contributed by atoms with Crippen LogP contribution in [0, 0.1) is 24.7 Å². The van der Waals surface area contributed by atoms with Gasteiger partial charge in [0.1, 0.15) is 17.5 Å². The number of benzene rings is 1. The molecule has 0 amide bonds. The Kier molecular flexibility index (Phi) is 7.08. The van der Waals surface area contributed by atoms with Crippen LogP contribution in [0.4, 0.5) is 11.6 Å². The molecule has 0 bridgehead atoms. The van der Waals surface area contributed by atoms with Gasteiger partial charge in [0.2, 0.25) is 5.95 Å². The van der Waals surface area contributed by atoms with E-state index >= 15 is 0 Å². The molecule has 0 radical (unpaired) electrons. The van der Waals surface area contributed by atoms with Gasteiger partial charge in [0.25, 0.3) is 5.56 Å². The summed E-state index contributed by atoms with van der Waals surface area (Å²) in [6.07, 6.45) is 9.44. The Hall–Kier alpha value is -3.74. The van der Waals surface area contributed by atoms with E-state index in [2.05, 4.69) is 31.8 Å². The van der Waals surface area contributed by atoms with Crippen LogP contribution in [-0.4, -0.2) is 38.1 Å². The topological polar surface area (TPSA) is 94.0 Å². The van der Waals surface area contributed by atoms with Gasteiger partial charge in [-0.05, 0) is 74.6 Å². The predicted molar refractivity (Wildman–Crippen MR) is 150 cm³/mol. The van der Waals surface area contributed by atoms with Crippen LogP contribution in [0.5, 0.6) is 5.75 Å². The summed E-state index contributed by atoms with van der Waals surface area (Å²) in [7, 11) is 0. The first kappa shape index (κ1) is 24.6. The maximum Gasteiger partial charge on any atom is 0.268 e. The number of aryl methyl sites for hydroxylation is 1. The predicted octanol–water partition coefficient (Wildman–Crippen LogP) is 4.63. The van der Waals surface area contributed by atoms with Crippen LogP contribution >= 0.6 is 11.5 Å². The molecule has 1 aromatic carbocycles. The third-order valence-electron chi connectivity index (χ3n) is 7.20. The highest BCUT2D eigenvalue weighted by molar-refractivity contribution is 7.05. The van der Waals surface area contributed by atoms with Gasteiger partial charge in [-0.15, -0.1) is 0 Å². The maximum atomic E-state index is 13.6. The van der Waals surface area contributed by atoms with Crippen LogP contribution in [0.15, 0.2) is 47.5 Å². The van der Waals surface area contributed by atoms with Crippen molar-refractivity contribution in [3.8, 4) is 17.6 Å². The third kappa shape index (κ3) is 5.42. The zero-order valence-corrected chi connectivity index (χ0v) is 22.2. The smallest absolute Gasteiger partial charge is 0.268 e. The van der Waals surface area contributed by atoms with E-state index in [1.807, 2.05) is 43.5 Å². The fraction of sp³-hybridized carbons (Fsp3) is 0.379. The number of aromatic nitrogens is 4. The van der Waals surface area contributed by atoms with Gasteiger partial charge in [-0.2, -0.15) is 4.98 Å². The molecule has 1 saturated carbocycles. The van der Waals surface area contributed by atoms with E-state index < -0.39 is 0 Å². The second kappa shape index (κ2) is 10.9. The van der Waals surface area contributed by atoms with E-state index in [0.717, 1.165) is 59.6 Å². The number of fused-ring (bicyclic) bond motifs is 1. The fourth-order valence-electron chi connectivity index (χ4n) is 5.01. The molecule has 38 heavy (non-hydrogen) atoms. The van der Waals surface area contributed by atoms with Crippen LogP contribution in [0.3, 0.4) is 0 Å². The molecular formula is C29H30N6O2S. The molecule has 2 aliphatic rings. The van der Waals surface area contributed by atoms with E-state index in [0.29, 0.717) is 29.6 Å². The quantitative estimate of drug-likeness (QED) is 0.354. The molecule has 0 spiro atoms. The zero-order chi connectivity index (χ0) is 25.9. The number of pyridine rings is 1. The summed E-state index contributed by atoms with van der Waals surface area (Å²) in [5, 5.41) is 7.36. The lowest BCUT2D eigenvalue weighted by Gasteiger charge is -2.14. The number of hydrogen-bond acceptors (Lipinski definition) is 8. The van der Waals surface area contributed by atoms with E-state index in [1.54, 1.807) is 10.8 Å². The van der Waals surface area contributed by atoms with Crippen molar-refractivity contribution in [2.24, 2.45) is 5.92 Å². The summed E-state index contributed by atoms with van der Waals surface area (Å²) in [5.41, 5.74) is 2.76. The molecule has 2 N–H and O–H groups in total. The first-order valence-corrected chi connectivity index (χ1v) is 14.0. The van der Waals surface area contributed by atoms with Crippen molar-refractivity contribution in [2.75, 3.05) is 18.4 Å². The van der Waals surface area contributed by atoms with Gasteiger partial charge in [-0.25, -0.2) is 9.36 Å². The Morgan fingerprint density at radius 3 is 2.76 bits per heavy atom. The lowest BCUT2D eigenvalue weighted by Crippen LogP contribution is -2.24. The molecular weight excluding hydrogens is 496 g/mol. The monoisotopic (exact) mass is 526 g/mol. The van der Waals surface area contributed by atoms with Crippen LogP contribution in [-0.2, 0) is 6.54 Å². The van der Waals surface area contributed by atoms with Crippen molar-refractivity contribution >= 4 is 34.2 Å². The molecule has 8 nitrogen and oxygen atoms in total. The Bertz CT molecular complexity index is 1550. The minimum absolute atomic E-state index is 0.138. The Morgan fingerprint density at radius 1 is 1.18 bits per heavy atom. The van der Waals surface area contributed by atoms with Crippen molar-refractivity contribution < 1.29 is 4.74 Å². The van der Waals surface area contributed by atoms with E-state index in [4.69, 9.17) is 9.72 Å². The van der Waals surface area contributed by atoms with E-state index in [9.17, 15) is 4.79 Å². The van der Waals surface area contributed by atoms with Crippen molar-refractivity contribution in [1.82, 2.24) is 24.2 Å². The van der Waals surface area contributed by atoms with Gasteiger partial charge in [0, 0.05) is 46.4 Å². The molecule has 1 unspecified atom stereocenters. The van der Waals surface area contributed by atoms with Crippen molar-refractivity contribution in [3.63, 3.8) is 0 Å². The molecule has 1 atom stereocenters. The summed E-state index contributed by atoms with van der Waals surface area (Å²) in [6.45, 7) is 4.27. The first-order chi connectivity index (χ1) is 18.6. The van der Waals surface area contributed by atoms with Crippen LogP contribution in [0.2, 0.25) is 0 Å². The first-order valence-electron chi connectivity index (χ1n) is 13.2. The Morgan fingerprint density at radius 2 is 2.03 bits per heavy atom. The third-order valence-corrected chi connectivity index (χ3v) is 7.95. The van der Waals surface area contributed by atoms with Crippen LogP contribution in [0.25, 0.3) is 11.0 Å². The van der Waals surface area contributed by atoms with Crippen molar-refractivity contribution in [2.45, 2.75) is 51.7 Å². The van der Waals surface area contributed by atoms with Gasteiger partial charge in [-0.3, -0.25) is 9.36 Å². The Balaban J connectivity index is 1.31. The van der Waals surface area contributed by atoms with Crippen LogP contribution < -0.4 is 20.9 Å². The SMILES string of the molecule is Cc1sncc1Cn1c(=O)c(C#CC2CCCC2)cc2cnc(Nc3ccc(OC4CCNC4)cc3)nc21. The molecule has 1 aliphatic carbocycles. The van der Waals surface area contributed by atoms with Gasteiger partial charge in [0.05, 0.1) is 12.1 Å². The van der Waals surface area contributed by atoms with Gasteiger partial charge >= 0.3 is 0 Å². The summed E-state index contributed by atoms with van der Waals surface area (Å²) in [6, 6.07) is 9.60. The largest absolute Gasteiger partial charge is 0.489 e. The van der Waals surface area contributed by atoms with Gasteiger partial charge in [0.15, 0.2) is 0 Å². The number of anilines is 2. The number of ether oxygens (including phenoxy) is 1. The molecule has 4 aromatic rings. The second-order valence-electron chi connectivity index (χ2n) is 9.96. The molecule has 1 saturated heterocycles. The highest BCUT2D eigenvalue weighted by Crippen LogP contribution is 2.24. The summed E-state index contributed by atoms with van der Waals surface area (Å²) < 4.78 is 12.0. The average molecular weight is 527 g/mol. The van der Waals surface area contributed by atoms with E-state index in [1.165, 1.54) is 24.4 Å². The molecule has 194 valence electrons. The minimum atomic E-state index is -0.138. The number of nitrogens with zero attached hydrogens (tertiary/aromatic N) is 4. The minimum Gasteiger partial charge on any atom is -0.489 e. The number of hydrogen-bond donors (Lipinski definition) is 2. The van der Waals surface area contributed by atoms with Crippen molar-refractivity contribution in [3.05, 3.63) is 69.1 Å². The number of nitrogens with one attached hydrogen (secondary N) is 2. The van der Waals surface area contributed by atoms with Crippen molar-refractivity contribution in [1.29, 1.82) is 0 Å². The van der Waals surface area contributed by atoms with E-state index in [-0.39, 0.29) is 11.7 Å².